The molecule has 2 aromatic rings. The van der Waals surface area contributed by atoms with Crippen LogP contribution in [0.3, 0.4) is 0 Å². The summed E-state index contributed by atoms with van der Waals surface area (Å²) in [6.07, 6.45) is -1.22. The summed E-state index contributed by atoms with van der Waals surface area (Å²) in [7, 11) is -2.55. The van der Waals surface area contributed by atoms with Crippen molar-refractivity contribution >= 4 is 16.2 Å². The Kier molecular flexibility index (Phi) is 7.26. The maximum atomic E-state index is 12.6. The summed E-state index contributed by atoms with van der Waals surface area (Å²) >= 11 is 0. The van der Waals surface area contributed by atoms with Gasteiger partial charge in [0.2, 0.25) is 0 Å². The molecule has 0 saturated carbocycles. The Morgan fingerprint density at radius 1 is 1.07 bits per heavy atom. The molecule has 1 atom stereocenters. The Morgan fingerprint density at radius 2 is 1.69 bits per heavy atom. The Bertz CT molecular complexity index is 932. The molecule has 0 spiro atoms. The molecule has 0 aliphatic rings. The third-order valence-corrected chi connectivity index (χ3v) is 5.14. The molecule has 0 fully saturated rings. The SMILES string of the molecule is COC(CNC(=O)OC(C)(C)C)c1ccccc1OS(=O)(=O)c1ccc(C)cc1. The number of ether oxygens (including phenoxy) is 2. The summed E-state index contributed by atoms with van der Waals surface area (Å²) in [5.74, 6) is 0.130. The summed E-state index contributed by atoms with van der Waals surface area (Å²) in [6, 6.07) is 13.0. The van der Waals surface area contributed by atoms with Crippen LogP contribution in [0.5, 0.6) is 5.75 Å². The van der Waals surface area contributed by atoms with Crippen molar-refractivity contribution in [2.75, 3.05) is 13.7 Å². The fourth-order valence-electron chi connectivity index (χ4n) is 2.50. The molecule has 7 nitrogen and oxygen atoms in total. The molecule has 1 N–H and O–H groups in total. The molecule has 2 aromatic carbocycles. The first kappa shape index (κ1) is 22.7. The molecule has 1 unspecified atom stereocenters. The van der Waals surface area contributed by atoms with E-state index in [1.165, 1.54) is 19.2 Å². The van der Waals surface area contributed by atoms with Crippen LogP contribution in [0.1, 0.15) is 38.0 Å². The highest BCUT2D eigenvalue weighted by molar-refractivity contribution is 7.87. The lowest BCUT2D eigenvalue weighted by Crippen LogP contribution is -2.35. The number of rotatable bonds is 7. The Morgan fingerprint density at radius 3 is 2.28 bits per heavy atom. The predicted octanol–water partition coefficient (Wildman–Crippen LogP) is 3.97. The van der Waals surface area contributed by atoms with Crippen molar-refractivity contribution in [2.24, 2.45) is 0 Å². The number of benzene rings is 2. The van der Waals surface area contributed by atoms with Crippen LogP contribution < -0.4 is 9.50 Å². The fraction of sp³-hybridized carbons (Fsp3) is 0.381. The largest absolute Gasteiger partial charge is 0.444 e. The van der Waals surface area contributed by atoms with Crippen LogP contribution >= 0.6 is 0 Å². The number of methoxy groups -OCH3 is 1. The molecule has 158 valence electrons. The number of alkyl carbamates (subject to hydrolysis) is 1. The highest BCUT2D eigenvalue weighted by atomic mass is 32.2. The number of amides is 1. The molecule has 2 rings (SSSR count). The maximum absolute atomic E-state index is 12.6. The summed E-state index contributed by atoms with van der Waals surface area (Å²) < 4.78 is 41.3. The molecule has 0 aliphatic heterocycles. The summed E-state index contributed by atoms with van der Waals surface area (Å²) in [6.45, 7) is 7.24. The maximum Gasteiger partial charge on any atom is 0.407 e. The second-order valence-electron chi connectivity index (χ2n) is 7.50. The van der Waals surface area contributed by atoms with Gasteiger partial charge in [-0.15, -0.1) is 0 Å². The molecule has 0 aromatic heterocycles. The highest BCUT2D eigenvalue weighted by Gasteiger charge is 2.23. The summed E-state index contributed by atoms with van der Waals surface area (Å²) in [5.41, 5.74) is 0.800. The van der Waals surface area contributed by atoms with Crippen LogP contribution in [0.4, 0.5) is 4.79 Å². The number of nitrogens with one attached hydrogen (secondary N) is 1. The monoisotopic (exact) mass is 421 g/mol. The van der Waals surface area contributed by atoms with E-state index >= 15 is 0 Å². The lowest BCUT2D eigenvalue weighted by atomic mass is 10.1. The molecular weight excluding hydrogens is 394 g/mol. The quantitative estimate of drug-likeness (QED) is 0.680. The van der Waals surface area contributed by atoms with E-state index in [-0.39, 0.29) is 17.2 Å². The molecule has 0 radical (unpaired) electrons. The van der Waals surface area contributed by atoms with Crippen LogP contribution in [-0.4, -0.2) is 33.8 Å². The van der Waals surface area contributed by atoms with Gasteiger partial charge in [0.05, 0.1) is 6.54 Å². The third-order valence-electron chi connectivity index (χ3n) is 3.89. The molecule has 0 bridgehead atoms. The van der Waals surface area contributed by atoms with Crippen molar-refractivity contribution in [3.05, 3.63) is 59.7 Å². The van der Waals surface area contributed by atoms with E-state index in [0.717, 1.165) is 5.56 Å². The van der Waals surface area contributed by atoms with Crippen molar-refractivity contribution in [3.8, 4) is 5.75 Å². The normalized spacial score (nSPS) is 12.9. The number of hydrogen-bond acceptors (Lipinski definition) is 6. The van der Waals surface area contributed by atoms with E-state index in [9.17, 15) is 13.2 Å². The van der Waals surface area contributed by atoms with Crippen LogP contribution in [0.2, 0.25) is 0 Å². The van der Waals surface area contributed by atoms with Crippen molar-refractivity contribution in [1.29, 1.82) is 0 Å². The smallest absolute Gasteiger partial charge is 0.407 e. The van der Waals surface area contributed by atoms with Crippen LogP contribution in [0.25, 0.3) is 0 Å². The van der Waals surface area contributed by atoms with Gasteiger partial charge in [-0.25, -0.2) is 4.79 Å². The van der Waals surface area contributed by atoms with Gasteiger partial charge < -0.3 is 19.0 Å². The van der Waals surface area contributed by atoms with Gasteiger partial charge in [-0.1, -0.05) is 35.9 Å². The van der Waals surface area contributed by atoms with E-state index in [1.54, 1.807) is 57.2 Å². The van der Waals surface area contributed by atoms with Gasteiger partial charge in [0.1, 0.15) is 22.4 Å². The van der Waals surface area contributed by atoms with Crippen molar-refractivity contribution < 1.29 is 26.9 Å². The standard InChI is InChI=1S/C21H27NO6S/c1-15-10-12-16(13-11-15)29(24,25)28-18-9-7-6-8-17(18)19(26-5)14-22-20(23)27-21(2,3)4/h6-13,19H,14H2,1-5H3,(H,22,23). The topological polar surface area (TPSA) is 90.9 Å². The molecule has 29 heavy (non-hydrogen) atoms. The first-order valence-corrected chi connectivity index (χ1v) is 10.5. The van der Waals surface area contributed by atoms with Crippen LogP contribution in [0.15, 0.2) is 53.4 Å². The highest BCUT2D eigenvalue weighted by Crippen LogP contribution is 2.29. The summed E-state index contributed by atoms with van der Waals surface area (Å²) in [4.78, 5) is 12.0. The van der Waals surface area contributed by atoms with E-state index < -0.39 is 27.9 Å². The van der Waals surface area contributed by atoms with Gasteiger partial charge in [0.25, 0.3) is 0 Å². The number of carbonyl (C=O) groups excluding carboxylic acids is 1. The average Bonchev–Trinajstić information content (AvgIpc) is 2.62. The van der Waals surface area contributed by atoms with Crippen molar-refractivity contribution in [2.45, 2.75) is 44.3 Å². The zero-order chi connectivity index (χ0) is 21.7. The lowest BCUT2D eigenvalue weighted by Gasteiger charge is -2.22. The summed E-state index contributed by atoms with van der Waals surface area (Å²) in [5, 5.41) is 2.63. The van der Waals surface area contributed by atoms with Crippen LogP contribution in [0, 0.1) is 6.92 Å². The Balaban J connectivity index is 2.19. The molecule has 0 heterocycles. The molecule has 0 saturated heterocycles. The molecular formula is C21H27NO6S. The van der Waals surface area contributed by atoms with Gasteiger partial charge >= 0.3 is 16.2 Å². The van der Waals surface area contributed by atoms with Gasteiger partial charge in [-0.3, -0.25) is 0 Å². The first-order chi connectivity index (χ1) is 13.5. The number of hydrogen-bond donors (Lipinski definition) is 1. The average molecular weight is 422 g/mol. The molecule has 1 amide bonds. The van der Waals surface area contributed by atoms with E-state index in [2.05, 4.69) is 5.32 Å². The van der Waals surface area contributed by atoms with E-state index in [1.807, 2.05) is 6.92 Å². The third kappa shape index (κ3) is 6.76. The second-order valence-corrected chi connectivity index (χ2v) is 9.04. The number of para-hydroxylation sites is 1. The minimum absolute atomic E-state index is 0.0544. The van der Waals surface area contributed by atoms with Gasteiger partial charge in [0, 0.05) is 12.7 Å². The molecule has 0 aliphatic carbocycles. The molecule has 8 heteroatoms. The van der Waals surface area contributed by atoms with Crippen LogP contribution in [-0.2, 0) is 19.6 Å². The number of aryl methyl sites for hydroxylation is 1. The predicted molar refractivity (Wildman–Crippen MR) is 109 cm³/mol. The lowest BCUT2D eigenvalue weighted by molar-refractivity contribution is 0.0454. The number of carbonyl (C=O) groups is 1. The minimum Gasteiger partial charge on any atom is -0.444 e. The van der Waals surface area contributed by atoms with Gasteiger partial charge in [0.15, 0.2) is 0 Å². The van der Waals surface area contributed by atoms with E-state index in [0.29, 0.717) is 5.56 Å². The first-order valence-electron chi connectivity index (χ1n) is 9.11. The van der Waals surface area contributed by atoms with E-state index in [4.69, 9.17) is 13.7 Å². The second kappa shape index (κ2) is 9.28. The minimum atomic E-state index is -4.02. The van der Waals surface area contributed by atoms with Crippen molar-refractivity contribution in [3.63, 3.8) is 0 Å². The fourth-order valence-corrected chi connectivity index (χ4v) is 3.46. The zero-order valence-corrected chi connectivity index (χ0v) is 18.1. The zero-order valence-electron chi connectivity index (χ0n) is 17.3. The van der Waals surface area contributed by atoms with Gasteiger partial charge in [-0.2, -0.15) is 8.42 Å². The Labute approximate surface area is 172 Å². The Hall–Kier alpha value is -2.58. The van der Waals surface area contributed by atoms with Gasteiger partial charge in [-0.05, 0) is 45.9 Å². The van der Waals surface area contributed by atoms with Crippen molar-refractivity contribution in [1.82, 2.24) is 5.32 Å².